The van der Waals surface area contributed by atoms with Crippen LogP contribution < -0.4 is 11.1 Å². The van der Waals surface area contributed by atoms with E-state index in [1.54, 1.807) is 0 Å². The lowest BCUT2D eigenvalue weighted by atomic mass is 10.0. The topological polar surface area (TPSA) is 137 Å². The van der Waals surface area contributed by atoms with Crippen molar-refractivity contribution in [2.24, 2.45) is 5.73 Å². The van der Waals surface area contributed by atoms with Crippen LogP contribution in [0.5, 0.6) is 0 Å². The van der Waals surface area contributed by atoms with Gasteiger partial charge < -0.3 is 16.2 Å². The third-order valence-corrected chi connectivity index (χ3v) is 10.1. The van der Waals surface area contributed by atoms with Crippen molar-refractivity contribution in [1.29, 1.82) is 5.41 Å². The molecule has 0 spiro atoms. The Hall–Kier alpha value is -2.12. The number of carbonyl (C=O) groups is 3. The summed E-state index contributed by atoms with van der Waals surface area (Å²) in [7, 11) is 0. The summed E-state index contributed by atoms with van der Waals surface area (Å²) >= 11 is 0. The molecule has 0 aromatic heterocycles. The number of carboxylic acids is 1. The van der Waals surface area contributed by atoms with Crippen molar-refractivity contribution in [3.8, 4) is 0 Å². The number of hydrogen-bond acceptors (Lipinski definition) is 4. The van der Waals surface area contributed by atoms with Crippen molar-refractivity contribution in [2.45, 2.75) is 238 Å². The van der Waals surface area contributed by atoms with Crippen molar-refractivity contribution in [1.82, 2.24) is 10.2 Å². The lowest BCUT2D eigenvalue weighted by molar-refractivity contribution is -0.158. The van der Waals surface area contributed by atoms with E-state index in [1.807, 2.05) is 0 Å². The molecule has 8 heteroatoms. The Morgan fingerprint density at radius 2 is 0.800 bits per heavy atom. The molecule has 2 amide bonds. The van der Waals surface area contributed by atoms with Gasteiger partial charge in [0.15, 0.2) is 5.96 Å². The van der Waals surface area contributed by atoms with Crippen molar-refractivity contribution in [3.63, 3.8) is 0 Å². The van der Waals surface area contributed by atoms with Crippen molar-refractivity contribution in [2.75, 3.05) is 6.54 Å². The Balaban J connectivity index is 4.42. The molecule has 0 radical (unpaired) electrons. The van der Waals surface area contributed by atoms with Crippen molar-refractivity contribution in [3.05, 3.63) is 0 Å². The number of amides is 2. The van der Waals surface area contributed by atoms with Crippen LogP contribution in [0.2, 0.25) is 0 Å². The van der Waals surface area contributed by atoms with Gasteiger partial charge in [-0.15, -0.1) is 0 Å². The number of hydrogen-bond donors (Lipinski definition) is 4. The number of carboxylic acid groups (broad SMARTS) is 1. The number of carbonyl (C=O) groups excluding carboxylic acids is 2. The quantitative estimate of drug-likeness (QED) is 0.0286. The van der Waals surface area contributed by atoms with Crippen LogP contribution in [-0.2, 0) is 14.4 Å². The molecule has 5 N–H and O–H groups in total. The third-order valence-electron chi connectivity index (χ3n) is 10.1. The summed E-state index contributed by atoms with van der Waals surface area (Å²) in [6.45, 7) is 4.85. The zero-order chi connectivity index (χ0) is 36.9. The predicted molar refractivity (Wildman–Crippen MR) is 212 cm³/mol. The predicted octanol–water partition coefficient (Wildman–Crippen LogP) is 11.6. The Labute approximate surface area is 308 Å². The number of guanidine groups is 1. The van der Waals surface area contributed by atoms with Crippen LogP contribution in [0.1, 0.15) is 232 Å². The van der Waals surface area contributed by atoms with E-state index in [-0.39, 0.29) is 37.0 Å². The Morgan fingerprint density at radius 3 is 1.06 bits per heavy atom. The van der Waals surface area contributed by atoms with Gasteiger partial charge in [-0.1, -0.05) is 194 Å². The molecule has 0 aliphatic heterocycles. The number of rotatable bonds is 38. The van der Waals surface area contributed by atoms with Crippen LogP contribution in [0, 0.1) is 5.41 Å². The smallest absolute Gasteiger partial charge is 0.326 e. The first-order chi connectivity index (χ1) is 24.3. The molecule has 0 rings (SSSR count). The first-order valence-corrected chi connectivity index (χ1v) is 21.5. The van der Waals surface area contributed by atoms with Gasteiger partial charge in [0.25, 0.3) is 0 Å². The maximum atomic E-state index is 13.3. The molecule has 1 atom stereocenters. The molecular formula is C42H82N4O4. The van der Waals surface area contributed by atoms with Gasteiger partial charge in [0, 0.05) is 19.4 Å². The summed E-state index contributed by atoms with van der Waals surface area (Å²) < 4.78 is 0. The molecule has 0 aliphatic rings. The minimum Gasteiger partial charge on any atom is -0.480 e. The summed E-state index contributed by atoms with van der Waals surface area (Å²) in [4.78, 5) is 40.0. The fourth-order valence-corrected chi connectivity index (χ4v) is 6.90. The van der Waals surface area contributed by atoms with E-state index in [1.165, 1.54) is 141 Å². The van der Waals surface area contributed by atoms with Gasteiger partial charge in [0.1, 0.15) is 6.04 Å². The minimum atomic E-state index is -1.18. The fourth-order valence-electron chi connectivity index (χ4n) is 6.90. The number of imide groups is 1. The van der Waals surface area contributed by atoms with Gasteiger partial charge in [0.2, 0.25) is 11.8 Å². The van der Waals surface area contributed by atoms with Gasteiger partial charge in [-0.2, -0.15) is 0 Å². The second kappa shape index (κ2) is 36.7. The molecule has 0 fully saturated rings. The van der Waals surface area contributed by atoms with Crippen molar-refractivity contribution >= 4 is 23.7 Å². The largest absolute Gasteiger partial charge is 0.480 e. The molecule has 0 saturated carbocycles. The van der Waals surface area contributed by atoms with E-state index in [4.69, 9.17) is 11.1 Å². The van der Waals surface area contributed by atoms with Crippen molar-refractivity contribution < 1.29 is 19.5 Å². The van der Waals surface area contributed by atoms with E-state index in [9.17, 15) is 19.5 Å². The molecule has 294 valence electrons. The van der Waals surface area contributed by atoms with Gasteiger partial charge >= 0.3 is 5.97 Å². The third kappa shape index (κ3) is 30.7. The van der Waals surface area contributed by atoms with Crippen LogP contribution in [0.4, 0.5) is 0 Å². The molecule has 50 heavy (non-hydrogen) atoms. The molecule has 0 heterocycles. The monoisotopic (exact) mass is 707 g/mol. The number of nitrogens with one attached hydrogen (secondary N) is 2. The molecule has 0 saturated heterocycles. The average molecular weight is 707 g/mol. The van der Waals surface area contributed by atoms with E-state index >= 15 is 0 Å². The molecule has 0 aliphatic carbocycles. The summed E-state index contributed by atoms with van der Waals surface area (Å²) in [6.07, 6.45) is 38.0. The standard InChI is InChI=1S/C42H82N4O4/c1-3-5-7-9-11-13-15-17-19-21-23-25-27-29-31-35-39(47)46(38(41(49)50)34-33-37-45-42(43)44)40(48)36-32-30-28-26-24-22-20-18-16-14-12-10-8-6-4-2/h38H,3-37H2,1-2H3,(H,49,50)(H4,43,44,45). The summed E-state index contributed by atoms with van der Waals surface area (Å²) in [5, 5.41) is 20.0. The molecular weight excluding hydrogens is 624 g/mol. The normalized spacial score (nSPS) is 11.8. The Kier molecular flexibility index (Phi) is 35.1. The van der Waals surface area contributed by atoms with Crippen LogP contribution in [0.15, 0.2) is 0 Å². The molecule has 1 unspecified atom stereocenters. The van der Waals surface area contributed by atoms with E-state index in [0.717, 1.165) is 43.4 Å². The highest BCUT2D eigenvalue weighted by Gasteiger charge is 2.33. The van der Waals surface area contributed by atoms with Gasteiger partial charge in [-0.3, -0.25) is 19.9 Å². The first-order valence-electron chi connectivity index (χ1n) is 21.5. The van der Waals surface area contributed by atoms with Crippen LogP contribution in [0.3, 0.4) is 0 Å². The maximum absolute atomic E-state index is 13.3. The second-order valence-corrected chi connectivity index (χ2v) is 14.9. The van der Waals surface area contributed by atoms with Crippen LogP contribution >= 0.6 is 0 Å². The van der Waals surface area contributed by atoms with E-state index in [2.05, 4.69) is 19.2 Å². The maximum Gasteiger partial charge on any atom is 0.326 e. The zero-order valence-electron chi connectivity index (χ0n) is 33.0. The van der Waals surface area contributed by atoms with E-state index in [0.29, 0.717) is 25.8 Å². The summed E-state index contributed by atoms with van der Waals surface area (Å²) in [5.74, 6) is -2.06. The molecule has 0 bridgehead atoms. The first kappa shape index (κ1) is 47.9. The van der Waals surface area contributed by atoms with Gasteiger partial charge in [-0.25, -0.2) is 4.79 Å². The molecule has 0 aromatic carbocycles. The Morgan fingerprint density at radius 1 is 0.520 bits per heavy atom. The highest BCUT2D eigenvalue weighted by Crippen LogP contribution is 2.19. The fraction of sp³-hybridized carbons (Fsp3) is 0.905. The highest BCUT2D eigenvalue weighted by molar-refractivity contribution is 5.99. The van der Waals surface area contributed by atoms with Gasteiger partial charge in [-0.05, 0) is 25.7 Å². The van der Waals surface area contributed by atoms with Crippen LogP contribution in [0.25, 0.3) is 0 Å². The average Bonchev–Trinajstić information content (AvgIpc) is 3.09. The number of aliphatic carboxylic acids is 1. The second-order valence-electron chi connectivity index (χ2n) is 14.9. The summed E-state index contributed by atoms with van der Waals surface area (Å²) in [6, 6.07) is -1.18. The number of nitrogens with zero attached hydrogens (tertiary/aromatic N) is 1. The minimum absolute atomic E-state index is 0.144. The lowest BCUT2D eigenvalue weighted by Crippen LogP contribution is -2.49. The SMILES string of the molecule is CCCCCCCCCCCCCCCCCC(=O)N(C(=O)CCCCCCCCCCCCCCCCC)C(CCCNC(=N)N)C(=O)O. The Bertz CT molecular complexity index is 776. The van der Waals surface area contributed by atoms with E-state index < -0.39 is 12.0 Å². The number of unbranched alkanes of at least 4 members (excludes halogenated alkanes) is 28. The van der Waals surface area contributed by atoms with Crippen LogP contribution in [-0.4, -0.2) is 46.3 Å². The zero-order valence-corrected chi connectivity index (χ0v) is 33.0. The lowest BCUT2D eigenvalue weighted by Gasteiger charge is -2.27. The summed E-state index contributed by atoms with van der Waals surface area (Å²) in [5.41, 5.74) is 5.36. The molecule has 0 aromatic rings. The number of nitrogens with two attached hydrogens (primary N) is 1. The molecule has 8 nitrogen and oxygen atoms in total. The van der Waals surface area contributed by atoms with Gasteiger partial charge in [0.05, 0.1) is 0 Å². The highest BCUT2D eigenvalue weighted by atomic mass is 16.4.